The topological polar surface area (TPSA) is 97.0 Å². The minimum atomic E-state index is -1.33. The van der Waals surface area contributed by atoms with Crippen molar-refractivity contribution >= 4 is 39.5 Å². The number of carbonyl (C=O) groups excluding carboxylic acids is 3. The Morgan fingerprint density at radius 1 is 1.13 bits per heavy atom. The Morgan fingerprint density at radius 3 is 2.47 bits per heavy atom. The van der Waals surface area contributed by atoms with E-state index < -0.39 is 29.9 Å². The van der Waals surface area contributed by atoms with Gasteiger partial charge in [-0.1, -0.05) is 12.1 Å². The van der Waals surface area contributed by atoms with Crippen molar-refractivity contribution in [2.45, 2.75) is 19.4 Å². The fourth-order valence-corrected chi connectivity index (χ4v) is 3.83. The van der Waals surface area contributed by atoms with Crippen molar-refractivity contribution in [3.63, 3.8) is 0 Å². The number of halogens is 1. The Bertz CT molecular complexity index is 1030. The highest BCUT2D eigenvalue weighted by Crippen LogP contribution is 2.35. The first-order valence-corrected chi connectivity index (χ1v) is 9.91. The highest BCUT2D eigenvalue weighted by atomic mass is 79.9. The first kappa shape index (κ1) is 21.6. The molecule has 158 valence electrons. The van der Waals surface area contributed by atoms with Gasteiger partial charge in [-0.05, 0) is 65.2 Å². The number of rotatable bonds is 6. The van der Waals surface area contributed by atoms with Gasteiger partial charge in [-0.2, -0.15) is 0 Å². The molecule has 0 radical (unpaired) electrons. The van der Waals surface area contributed by atoms with Gasteiger partial charge in [0, 0.05) is 4.47 Å². The molecule has 1 aliphatic rings. The summed E-state index contributed by atoms with van der Waals surface area (Å²) in [6.45, 7) is 3.11. The molecule has 1 saturated heterocycles. The monoisotopic (exact) mass is 475 g/mol. The molecule has 0 saturated carbocycles. The van der Waals surface area contributed by atoms with Crippen molar-refractivity contribution in [3.8, 4) is 11.5 Å². The number of methoxy groups -OCH3 is 2. The van der Waals surface area contributed by atoms with E-state index in [4.69, 9.17) is 9.47 Å². The van der Waals surface area contributed by atoms with Gasteiger partial charge in [-0.3, -0.25) is 14.5 Å². The number of urea groups is 1. The Morgan fingerprint density at radius 2 is 1.83 bits per heavy atom. The van der Waals surface area contributed by atoms with Gasteiger partial charge in [0.1, 0.15) is 12.1 Å². The van der Waals surface area contributed by atoms with Crippen molar-refractivity contribution in [2.75, 3.05) is 26.1 Å². The fourth-order valence-electron chi connectivity index (χ4n) is 3.24. The standard InChI is InChI=1S/C21H22BrN3O5/c1-12-5-7-15(14(22)9-12)23-18(26)11-25-19(27)21(2,24-20(25)28)13-6-8-16(29-3)17(10-13)30-4/h5-10H,11H2,1-4H3,(H,23,26)(H,24,28)/t21-/m0/s1. The minimum absolute atomic E-state index is 0.409. The van der Waals surface area contributed by atoms with Crippen molar-refractivity contribution in [3.05, 3.63) is 52.0 Å². The smallest absolute Gasteiger partial charge is 0.325 e. The molecule has 0 aliphatic carbocycles. The molecule has 1 aliphatic heterocycles. The molecule has 1 fully saturated rings. The lowest BCUT2D eigenvalue weighted by atomic mass is 9.91. The maximum Gasteiger partial charge on any atom is 0.325 e. The number of carbonyl (C=O) groups is 3. The van der Waals surface area contributed by atoms with E-state index in [1.807, 2.05) is 19.1 Å². The summed E-state index contributed by atoms with van der Waals surface area (Å²) in [5.41, 5.74) is 0.768. The lowest BCUT2D eigenvalue weighted by Gasteiger charge is -2.23. The summed E-state index contributed by atoms with van der Waals surface area (Å²) in [6.07, 6.45) is 0. The van der Waals surface area contributed by atoms with Crippen LogP contribution in [0.4, 0.5) is 10.5 Å². The highest BCUT2D eigenvalue weighted by Gasteiger charge is 2.49. The molecule has 9 heteroatoms. The maximum atomic E-state index is 13.1. The number of amides is 4. The molecule has 0 unspecified atom stereocenters. The second-order valence-corrected chi connectivity index (χ2v) is 7.90. The normalized spacial score (nSPS) is 18.2. The van der Waals surface area contributed by atoms with E-state index in [0.717, 1.165) is 10.5 Å². The van der Waals surface area contributed by atoms with Crippen molar-refractivity contribution in [1.82, 2.24) is 10.2 Å². The van der Waals surface area contributed by atoms with E-state index in [2.05, 4.69) is 26.6 Å². The lowest BCUT2D eigenvalue weighted by Crippen LogP contribution is -2.42. The van der Waals surface area contributed by atoms with Crippen LogP contribution in [-0.2, 0) is 15.1 Å². The highest BCUT2D eigenvalue weighted by molar-refractivity contribution is 9.10. The summed E-state index contributed by atoms with van der Waals surface area (Å²) in [5, 5.41) is 5.38. The number of benzene rings is 2. The molecule has 2 aromatic carbocycles. The number of nitrogens with zero attached hydrogens (tertiary/aromatic N) is 1. The van der Waals surface area contributed by atoms with Crippen LogP contribution in [0.1, 0.15) is 18.1 Å². The first-order chi connectivity index (χ1) is 14.2. The van der Waals surface area contributed by atoms with E-state index in [9.17, 15) is 14.4 Å². The van der Waals surface area contributed by atoms with Crippen LogP contribution in [0.2, 0.25) is 0 Å². The fraction of sp³-hybridized carbons (Fsp3) is 0.286. The molecule has 1 heterocycles. The molecular formula is C21H22BrN3O5. The molecule has 0 spiro atoms. The Kier molecular flexibility index (Phi) is 6.02. The molecule has 8 nitrogen and oxygen atoms in total. The van der Waals surface area contributed by atoms with Gasteiger partial charge in [0.15, 0.2) is 11.5 Å². The third-order valence-corrected chi connectivity index (χ3v) is 5.59. The summed E-state index contributed by atoms with van der Waals surface area (Å²) >= 11 is 3.39. The number of hydrogen-bond donors (Lipinski definition) is 2. The van der Waals surface area contributed by atoms with Gasteiger partial charge in [0.25, 0.3) is 5.91 Å². The number of hydrogen-bond acceptors (Lipinski definition) is 5. The van der Waals surface area contributed by atoms with Gasteiger partial charge in [0.05, 0.1) is 19.9 Å². The van der Waals surface area contributed by atoms with E-state index in [1.54, 1.807) is 31.2 Å². The van der Waals surface area contributed by atoms with E-state index >= 15 is 0 Å². The number of anilines is 1. The summed E-state index contributed by atoms with van der Waals surface area (Å²) in [4.78, 5) is 39.0. The van der Waals surface area contributed by atoms with Crippen molar-refractivity contribution in [2.24, 2.45) is 0 Å². The second-order valence-electron chi connectivity index (χ2n) is 7.05. The average Bonchev–Trinajstić information content (AvgIpc) is 2.93. The Labute approximate surface area is 182 Å². The zero-order chi connectivity index (χ0) is 22.1. The summed E-state index contributed by atoms with van der Waals surface area (Å²) < 4.78 is 11.2. The number of imide groups is 1. The minimum Gasteiger partial charge on any atom is -0.493 e. The van der Waals surface area contributed by atoms with Gasteiger partial charge in [-0.25, -0.2) is 4.79 Å². The number of nitrogens with one attached hydrogen (secondary N) is 2. The largest absolute Gasteiger partial charge is 0.493 e. The zero-order valence-electron chi connectivity index (χ0n) is 17.0. The third kappa shape index (κ3) is 3.97. The Hall–Kier alpha value is -3.07. The first-order valence-electron chi connectivity index (χ1n) is 9.12. The summed E-state index contributed by atoms with van der Waals surface area (Å²) in [6, 6.07) is 9.77. The van der Waals surface area contributed by atoms with Crippen LogP contribution in [0.3, 0.4) is 0 Å². The van der Waals surface area contributed by atoms with E-state index in [0.29, 0.717) is 27.2 Å². The van der Waals surface area contributed by atoms with Gasteiger partial charge in [-0.15, -0.1) is 0 Å². The summed E-state index contributed by atoms with van der Waals surface area (Å²) in [5.74, 6) is -0.0855. The molecule has 3 rings (SSSR count). The lowest BCUT2D eigenvalue weighted by molar-refractivity contribution is -0.133. The SMILES string of the molecule is COc1ccc([C@]2(C)NC(=O)N(CC(=O)Nc3ccc(C)cc3Br)C2=O)cc1OC. The second kappa shape index (κ2) is 8.35. The molecule has 1 atom stereocenters. The summed E-state index contributed by atoms with van der Waals surface area (Å²) in [7, 11) is 2.99. The van der Waals surface area contributed by atoms with Crippen molar-refractivity contribution in [1.29, 1.82) is 0 Å². The maximum absolute atomic E-state index is 13.1. The zero-order valence-corrected chi connectivity index (χ0v) is 18.6. The van der Waals surface area contributed by atoms with Crippen LogP contribution in [0.5, 0.6) is 11.5 Å². The van der Waals surface area contributed by atoms with Crippen LogP contribution < -0.4 is 20.1 Å². The van der Waals surface area contributed by atoms with Crippen LogP contribution in [0, 0.1) is 6.92 Å². The van der Waals surface area contributed by atoms with Gasteiger partial charge < -0.3 is 20.1 Å². The molecule has 2 aromatic rings. The van der Waals surface area contributed by atoms with Crippen LogP contribution in [0.25, 0.3) is 0 Å². The average molecular weight is 476 g/mol. The number of aryl methyl sites for hydroxylation is 1. The van der Waals surface area contributed by atoms with Crippen LogP contribution >= 0.6 is 15.9 Å². The third-order valence-electron chi connectivity index (χ3n) is 4.94. The molecular weight excluding hydrogens is 454 g/mol. The predicted octanol–water partition coefficient (Wildman–Crippen LogP) is 3.18. The van der Waals surface area contributed by atoms with Crippen molar-refractivity contribution < 1.29 is 23.9 Å². The molecule has 0 aromatic heterocycles. The van der Waals surface area contributed by atoms with E-state index in [1.165, 1.54) is 14.2 Å². The van der Waals surface area contributed by atoms with E-state index in [-0.39, 0.29) is 0 Å². The Balaban J connectivity index is 1.79. The molecule has 2 N–H and O–H groups in total. The van der Waals surface area contributed by atoms with Crippen LogP contribution in [0.15, 0.2) is 40.9 Å². The molecule has 4 amide bonds. The quantitative estimate of drug-likeness (QED) is 0.625. The van der Waals surface area contributed by atoms with Gasteiger partial charge >= 0.3 is 6.03 Å². The van der Waals surface area contributed by atoms with Crippen LogP contribution in [-0.4, -0.2) is 43.5 Å². The predicted molar refractivity (Wildman–Crippen MR) is 115 cm³/mol. The molecule has 30 heavy (non-hydrogen) atoms. The number of ether oxygens (including phenoxy) is 2. The molecule has 0 bridgehead atoms. The van der Waals surface area contributed by atoms with Gasteiger partial charge in [0.2, 0.25) is 5.91 Å².